The van der Waals surface area contributed by atoms with Crippen LogP contribution in [0.1, 0.15) is 31.1 Å². The molecular formula is C14H21Cl2N3O2. The van der Waals surface area contributed by atoms with Gasteiger partial charge in [-0.1, -0.05) is 11.6 Å². The number of rotatable bonds is 4. The molecule has 5 nitrogen and oxygen atoms in total. The second-order valence-corrected chi connectivity index (χ2v) is 5.39. The first-order valence-corrected chi connectivity index (χ1v) is 6.75. The predicted octanol–water partition coefficient (Wildman–Crippen LogP) is 2.53. The first kappa shape index (κ1) is 19.7. The Bertz CT molecular complexity index is 519. The van der Waals surface area contributed by atoms with Crippen LogP contribution in [0.3, 0.4) is 0 Å². The van der Waals surface area contributed by atoms with Crippen LogP contribution < -0.4 is 11.1 Å². The molecule has 0 fully saturated rings. The Labute approximate surface area is 136 Å². The Balaban J connectivity index is 0.00000400. The van der Waals surface area contributed by atoms with Gasteiger partial charge >= 0.3 is 0 Å². The lowest BCUT2D eigenvalue weighted by molar-refractivity contribution is -0.117. The topological polar surface area (TPSA) is 75.4 Å². The van der Waals surface area contributed by atoms with Crippen molar-refractivity contribution in [2.45, 2.75) is 32.9 Å². The van der Waals surface area contributed by atoms with Gasteiger partial charge in [0.2, 0.25) is 5.91 Å². The predicted molar refractivity (Wildman–Crippen MR) is 88.2 cm³/mol. The highest BCUT2D eigenvalue weighted by molar-refractivity contribution is 6.34. The zero-order chi connectivity index (χ0) is 15.4. The quantitative estimate of drug-likeness (QED) is 0.888. The SMILES string of the molecule is CC(C)N(C)C(=O)c1ccc(Cl)c(NC(=O)[C@H](C)N)c1.Cl. The summed E-state index contributed by atoms with van der Waals surface area (Å²) in [4.78, 5) is 25.4. The van der Waals surface area contributed by atoms with E-state index in [1.807, 2.05) is 13.8 Å². The normalized spacial score (nSPS) is 11.6. The van der Waals surface area contributed by atoms with Gasteiger partial charge in [0.25, 0.3) is 5.91 Å². The van der Waals surface area contributed by atoms with Crippen LogP contribution in [0.4, 0.5) is 5.69 Å². The lowest BCUT2D eigenvalue weighted by atomic mass is 10.1. The standard InChI is InChI=1S/C14H20ClN3O2.ClH/c1-8(2)18(4)14(20)10-5-6-11(15)12(7-10)17-13(19)9(3)16;/h5-9H,16H2,1-4H3,(H,17,19);1H/t9-;/m0./s1. The Morgan fingerprint density at radius 3 is 2.33 bits per heavy atom. The fourth-order valence-electron chi connectivity index (χ4n) is 1.44. The maximum absolute atomic E-state index is 12.2. The van der Waals surface area contributed by atoms with Gasteiger partial charge in [-0.15, -0.1) is 12.4 Å². The summed E-state index contributed by atoms with van der Waals surface area (Å²) < 4.78 is 0. The maximum atomic E-state index is 12.2. The van der Waals surface area contributed by atoms with Crippen LogP contribution in [0.25, 0.3) is 0 Å². The highest BCUT2D eigenvalue weighted by Gasteiger charge is 2.17. The summed E-state index contributed by atoms with van der Waals surface area (Å²) in [5.41, 5.74) is 6.34. The average Bonchev–Trinajstić information content (AvgIpc) is 2.39. The van der Waals surface area contributed by atoms with E-state index in [0.717, 1.165) is 0 Å². The summed E-state index contributed by atoms with van der Waals surface area (Å²) in [7, 11) is 1.72. The van der Waals surface area contributed by atoms with E-state index in [1.54, 1.807) is 37.1 Å². The maximum Gasteiger partial charge on any atom is 0.253 e. The number of benzene rings is 1. The van der Waals surface area contributed by atoms with Crippen LogP contribution in [0, 0.1) is 0 Å². The molecule has 0 saturated carbocycles. The van der Waals surface area contributed by atoms with E-state index in [4.69, 9.17) is 17.3 Å². The van der Waals surface area contributed by atoms with Gasteiger partial charge in [0, 0.05) is 18.7 Å². The molecule has 0 saturated heterocycles. The van der Waals surface area contributed by atoms with Crippen molar-refractivity contribution in [2.24, 2.45) is 5.73 Å². The van der Waals surface area contributed by atoms with E-state index in [0.29, 0.717) is 16.3 Å². The summed E-state index contributed by atoms with van der Waals surface area (Å²) in [5, 5.41) is 2.97. The molecule has 0 unspecified atom stereocenters. The lowest BCUT2D eigenvalue weighted by Crippen LogP contribution is -2.34. The highest BCUT2D eigenvalue weighted by Crippen LogP contribution is 2.24. The van der Waals surface area contributed by atoms with Gasteiger partial charge in [0.1, 0.15) is 0 Å². The third kappa shape index (κ3) is 5.19. The van der Waals surface area contributed by atoms with Gasteiger partial charge < -0.3 is 16.0 Å². The molecule has 7 heteroatoms. The number of hydrogen-bond acceptors (Lipinski definition) is 3. The van der Waals surface area contributed by atoms with Crippen LogP contribution >= 0.6 is 24.0 Å². The molecule has 0 radical (unpaired) electrons. The number of anilines is 1. The summed E-state index contributed by atoms with van der Waals surface area (Å²) in [6.45, 7) is 5.42. The van der Waals surface area contributed by atoms with Gasteiger partial charge in [-0.3, -0.25) is 9.59 Å². The monoisotopic (exact) mass is 333 g/mol. The van der Waals surface area contributed by atoms with Crippen molar-refractivity contribution < 1.29 is 9.59 Å². The third-order valence-electron chi connectivity index (χ3n) is 2.98. The number of hydrogen-bond donors (Lipinski definition) is 2. The van der Waals surface area contributed by atoms with Gasteiger partial charge in [-0.2, -0.15) is 0 Å². The molecule has 0 spiro atoms. The lowest BCUT2D eigenvalue weighted by Gasteiger charge is -2.22. The molecular weight excluding hydrogens is 313 g/mol. The molecule has 2 amide bonds. The largest absolute Gasteiger partial charge is 0.339 e. The van der Waals surface area contributed by atoms with Gasteiger partial charge in [-0.05, 0) is 39.0 Å². The molecule has 0 aromatic heterocycles. The molecule has 0 aliphatic rings. The van der Waals surface area contributed by atoms with E-state index in [9.17, 15) is 9.59 Å². The van der Waals surface area contributed by atoms with Gasteiger partial charge in [0.15, 0.2) is 0 Å². The average molecular weight is 334 g/mol. The molecule has 1 aromatic carbocycles. The Kier molecular flexibility index (Phi) is 7.71. The molecule has 1 rings (SSSR count). The first-order valence-electron chi connectivity index (χ1n) is 6.37. The molecule has 3 N–H and O–H groups in total. The van der Waals surface area contributed by atoms with Crippen molar-refractivity contribution in [3.63, 3.8) is 0 Å². The van der Waals surface area contributed by atoms with Crippen LogP contribution in [0.2, 0.25) is 5.02 Å². The molecule has 0 heterocycles. The molecule has 21 heavy (non-hydrogen) atoms. The van der Waals surface area contributed by atoms with Gasteiger partial charge in [-0.25, -0.2) is 0 Å². The first-order chi connectivity index (χ1) is 9.23. The fourth-order valence-corrected chi connectivity index (χ4v) is 1.60. The van der Waals surface area contributed by atoms with E-state index < -0.39 is 6.04 Å². The molecule has 118 valence electrons. The Hall–Kier alpha value is -1.30. The van der Waals surface area contributed by atoms with Crippen molar-refractivity contribution in [2.75, 3.05) is 12.4 Å². The minimum absolute atomic E-state index is 0. The number of nitrogens with one attached hydrogen (secondary N) is 1. The fraction of sp³-hybridized carbons (Fsp3) is 0.429. The minimum atomic E-state index is -0.649. The number of amides is 2. The van der Waals surface area contributed by atoms with Crippen molar-refractivity contribution >= 4 is 41.5 Å². The zero-order valence-electron chi connectivity index (χ0n) is 12.5. The minimum Gasteiger partial charge on any atom is -0.339 e. The molecule has 0 aliphatic carbocycles. The summed E-state index contributed by atoms with van der Waals surface area (Å²) in [5.74, 6) is -0.485. The van der Waals surface area contributed by atoms with Crippen molar-refractivity contribution in [3.05, 3.63) is 28.8 Å². The number of nitrogens with two attached hydrogens (primary N) is 1. The van der Waals surface area contributed by atoms with Gasteiger partial charge in [0.05, 0.1) is 16.8 Å². The van der Waals surface area contributed by atoms with Crippen LogP contribution in [-0.4, -0.2) is 35.8 Å². The number of carbonyl (C=O) groups is 2. The Morgan fingerprint density at radius 1 is 1.29 bits per heavy atom. The Morgan fingerprint density at radius 2 is 1.86 bits per heavy atom. The summed E-state index contributed by atoms with van der Waals surface area (Å²) >= 11 is 6.01. The summed E-state index contributed by atoms with van der Waals surface area (Å²) in [6, 6.07) is 4.21. The highest BCUT2D eigenvalue weighted by atomic mass is 35.5. The zero-order valence-corrected chi connectivity index (χ0v) is 14.1. The second-order valence-electron chi connectivity index (χ2n) is 4.98. The van der Waals surface area contributed by atoms with E-state index in [2.05, 4.69) is 5.32 Å². The van der Waals surface area contributed by atoms with E-state index in [1.165, 1.54) is 0 Å². The van der Waals surface area contributed by atoms with E-state index >= 15 is 0 Å². The van der Waals surface area contributed by atoms with Crippen LogP contribution in [0.5, 0.6) is 0 Å². The number of carbonyl (C=O) groups excluding carboxylic acids is 2. The third-order valence-corrected chi connectivity index (χ3v) is 3.31. The number of halogens is 2. The number of nitrogens with zero attached hydrogens (tertiary/aromatic N) is 1. The molecule has 0 bridgehead atoms. The van der Waals surface area contributed by atoms with E-state index in [-0.39, 0.29) is 30.3 Å². The van der Waals surface area contributed by atoms with Crippen LogP contribution in [-0.2, 0) is 4.79 Å². The van der Waals surface area contributed by atoms with Crippen molar-refractivity contribution in [1.29, 1.82) is 0 Å². The summed E-state index contributed by atoms with van der Waals surface area (Å²) in [6.07, 6.45) is 0. The smallest absolute Gasteiger partial charge is 0.253 e. The molecule has 1 aromatic rings. The second kappa shape index (κ2) is 8.22. The van der Waals surface area contributed by atoms with Crippen LogP contribution in [0.15, 0.2) is 18.2 Å². The molecule has 1 atom stereocenters. The molecule has 0 aliphatic heterocycles. The van der Waals surface area contributed by atoms with Crippen molar-refractivity contribution in [3.8, 4) is 0 Å². The van der Waals surface area contributed by atoms with Crippen molar-refractivity contribution in [1.82, 2.24) is 4.90 Å².